The van der Waals surface area contributed by atoms with Crippen molar-refractivity contribution in [2.24, 2.45) is 0 Å². The Balaban J connectivity index is 1.85. The molecule has 0 aromatic carbocycles. The highest BCUT2D eigenvalue weighted by atomic mass is 32.2. The maximum absolute atomic E-state index is 5.62. The zero-order valence-electron chi connectivity index (χ0n) is 8.84. The van der Waals surface area contributed by atoms with Crippen LogP contribution in [0.2, 0.25) is 0 Å². The van der Waals surface area contributed by atoms with Crippen LogP contribution in [-0.4, -0.2) is 37.3 Å². The summed E-state index contributed by atoms with van der Waals surface area (Å²) in [6.45, 7) is 6.75. The molecule has 1 aliphatic heterocycles. The van der Waals surface area contributed by atoms with Crippen LogP contribution in [0.5, 0.6) is 0 Å². The molecule has 1 aliphatic rings. The first-order chi connectivity index (χ1) is 6.93. The van der Waals surface area contributed by atoms with Crippen molar-refractivity contribution in [2.75, 3.05) is 31.2 Å². The monoisotopic (exact) mass is 215 g/mol. The molecule has 0 aromatic rings. The van der Waals surface area contributed by atoms with E-state index in [9.17, 15) is 0 Å². The van der Waals surface area contributed by atoms with Crippen LogP contribution in [0.15, 0.2) is 12.7 Å². The van der Waals surface area contributed by atoms with Gasteiger partial charge in [0.05, 0.1) is 6.10 Å². The minimum Gasteiger partial charge on any atom is -0.377 e. The summed E-state index contributed by atoms with van der Waals surface area (Å²) in [5.41, 5.74) is 0. The van der Waals surface area contributed by atoms with Crippen molar-refractivity contribution in [1.82, 2.24) is 5.32 Å². The third-order valence-corrected chi connectivity index (χ3v) is 3.27. The molecule has 1 heterocycles. The lowest BCUT2D eigenvalue weighted by Crippen LogP contribution is -2.32. The SMILES string of the molecule is C=CCSCCNCC1CCCCO1. The fourth-order valence-corrected chi connectivity index (χ4v) is 2.16. The molecule has 0 spiro atoms. The molecule has 1 fully saturated rings. The molecule has 2 nitrogen and oxygen atoms in total. The number of thioether (sulfide) groups is 1. The van der Waals surface area contributed by atoms with Crippen LogP contribution in [0.25, 0.3) is 0 Å². The minimum absolute atomic E-state index is 0.466. The van der Waals surface area contributed by atoms with Crippen molar-refractivity contribution < 1.29 is 4.74 Å². The number of rotatable bonds is 7. The van der Waals surface area contributed by atoms with Crippen molar-refractivity contribution in [3.8, 4) is 0 Å². The largest absolute Gasteiger partial charge is 0.377 e. The topological polar surface area (TPSA) is 21.3 Å². The summed E-state index contributed by atoms with van der Waals surface area (Å²) >= 11 is 1.92. The maximum atomic E-state index is 5.62. The lowest BCUT2D eigenvalue weighted by Gasteiger charge is -2.22. The predicted octanol–water partition coefficient (Wildman–Crippen LogP) is 2.06. The van der Waals surface area contributed by atoms with Gasteiger partial charge in [0, 0.05) is 31.2 Å². The summed E-state index contributed by atoms with van der Waals surface area (Å²) in [7, 11) is 0. The fraction of sp³-hybridized carbons (Fsp3) is 0.818. The highest BCUT2D eigenvalue weighted by Gasteiger charge is 2.12. The van der Waals surface area contributed by atoms with E-state index < -0.39 is 0 Å². The Hall–Kier alpha value is 0.01000. The van der Waals surface area contributed by atoms with Crippen molar-refractivity contribution in [3.05, 3.63) is 12.7 Å². The molecule has 0 amide bonds. The highest BCUT2D eigenvalue weighted by molar-refractivity contribution is 7.99. The van der Waals surface area contributed by atoms with Gasteiger partial charge in [-0.2, -0.15) is 11.8 Å². The molecule has 0 bridgehead atoms. The average molecular weight is 215 g/mol. The Morgan fingerprint density at radius 2 is 2.43 bits per heavy atom. The van der Waals surface area contributed by atoms with E-state index in [1.54, 1.807) is 0 Å². The lowest BCUT2D eigenvalue weighted by atomic mass is 10.1. The van der Waals surface area contributed by atoms with E-state index >= 15 is 0 Å². The van der Waals surface area contributed by atoms with Crippen LogP contribution in [0.3, 0.4) is 0 Å². The number of hydrogen-bond donors (Lipinski definition) is 1. The number of nitrogens with one attached hydrogen (secondary N) is 1. The molecule has 82 valence electrons. The maximum Gasteiger partial charge on any atom is 0.0699 e. The molecule has 1 saturated heterocycles. The third kappa shape index (κ3) is 5.68. The van der Waals surface area contributed by atoms with Gasteiger partial charge >= 0.3 is 0 Å². The molecule has 1 atom stereocenters. The first-order valence-corrected chi connectivity index (χ1v) is 6.60. The summed E-state index contributed by atoms with van der Waals surface area (Å²) < 4.78 is 5.62. The Morgan fingerprint density at radius 1 is 1.50 bits per heavy atom. The summed E-state index contributed by atoms with van der Waals surface area (Å²) in [6, 6.07) is 0. The van der Waals surface area contributed by atoms with Gasteiger partial charge < -0.3 is 10.1 Å². The van der Waals surface area contributed by atoms with Gasteiger partial charge in [0.25, 0.3) is 0 Å². The molecule has 1 rings (SSSR count). The summed E-state index contributed by atoms with van der Waals surface area (Å²) in [5.74, 6) is 2.22. The summed E-state index contributed by atoms with van der Waals surface area (Å²) in [6.07, 6.45) is 6.22. The van der Waals surface area contributed by atoms with Gasteiger partial charge in [0.15, 0.2) is 0 Å². The second kappa shape index (κ2) is 8.33. The van der Waals surface area contributed by atoms with E-state index in [-0.39, 0.29) is 0 Å². The standard InChI is InChI=1S/C11H21NOS/c1-2-8-14-9-6-12-10-11-5-3-4-7-13-11/h2,11-12H,1,3-10H2. The van der Waals surface area contributed by atoms with Crippen LogP contribution < -0.4 is 5.32 Å². The molecule has 14 heavy (non-hydrogen) atoms. The molecule has 1 N–H and O–H groups in total. The van der Waals surface area contributed by atoms with Gasteiger partial charge in [-0.15, -0.1) is 6.58 Å². The first-order valence-electron chi connectivity index (χ1n) is 5.44. The van der Waals surface area contributed by atoms with Crippen molar-refractivity contribution >= 4 is 11.8 Å². The zero-order chi connectivity index (χ0) is 10.1. The Morgan fingerprint density at radius 3 is 3.14 bits per heavy atom. The smallest absolute Gasteiger partial charge is 0.0699 e. The highest BCUT2D eigenvalue weighted by Crippen LogP contribution is 2.11. The summed E-state index contributed by atoms with van der Waals surface area (Å²) in [5, 5.41) is 3.43. The van der Waals surface area contributed by atoms with Crippen molar-refractivity contribution in [1.29, 1.82) is 0 Å². The van der Waals surface area contributed by atoms with Crippen molar-refractivity contribution in [2.45, 2.75) is 25.4 Å². The predicted molar refractivity (Wildman–Crippen MR) is 64.0 cm³/mol. The van der Waals surface area contributed by atoms with E-state index in [4.69, 9.17) is 4.74 Å². The minimum atomic E-state index is 0.466. The third-order valence-electron chi connectivity index (χ3n) is 2.30. The van der Waals surface area contributed by atoms with Gasteiger partial charge in [-0.1, -0.05) is 6.08 Å². The normalized spacial score (nSPS) is 22.1. The fourth-order valence-electron chi connectivity index (χ4n) is 1.54. The molecule has 1 unspecified atom stereocenters. The molecule has 3 heteroatoms. The molecule has 0 radical (unpaired) electrons. The van der Waals surface area contributed by atoms with Gasteiger partial charge in [-0.3, -0.25) is 0 Å². The Kier molecular flexibility index (Phi) is 7.19. The van der Waals surface area contributed by atoms with Gasteiger partial charge in [-0.05, 0) is 19.3 Å². The second-order valence-corrected chi connectivity index (χ2v) is 4.71. The van der Waals surface area contributed by atoms with Gasteiger partial charge in [-0.25, -0.2) is 0 Å². The Bertz CT molecular complexity index is 146. The second-order valence-electron chi connectivity index (χ2n) is 3.56. The van der Waals surface area contributed by atoms with Crippen LogP contribution in [0.1, 0.15) is 19.3 Å². The van der Waals surface area contributed by atoms with Crippen LogP contribution >= 0.6 is 11.8 Å². The Labute approximate surface area is 91.5 Å². The van der Waals surface area contributed by atoms with E-state index in [1.165, 1.54) is 25.0 Å². The van der Waals surface area contributed by atoms with Crippen LogP contribution in [-0.2, 0) is 4.74 Å². The van der Waals surface area contributed by atoms with Crippen LogP contribution in [0, 0.1) is 0 Å². The van der Waals surface area contributed by atoms with E-state index in [2.05, 4.69) is 11.9 Å². The molecule has 0 aliphatic carbocycles. The van der Waals surface area contributed by atoms with E-state index in [0.29, 0.717) is 6.10 Å². The molecule has 0 saturated carbocycles. The van der Waals surface area contributed by atoms with Crippen molar-refractivity contribution in [3.63, 3.8) is 0 Å². The molecule has 0 aromatic heterocycles. The van der Waals surface area contributed by atoms with Crippen LogP contribution in [0.4, 0.5) is 0 Å². The number of hydrogen-bond acceptors (Lipinski definition) is 3. The van der Waals surface area contributed by atoms with E-state index in [1.807, 2.05) is 17.8 Å². The molecular weight excluding hydrogens is 194 g/mol. The number of ether oxygens (including phenoxy) is 1. The van der Waals surface area contributed by atoms with E-state index in [0.717, 1.165) is 25.4 Å². The zero-order valence-corrected chi connectivity index (χ0v) is 9.65. The van der Waals surface area contributed by atoms with Gasteiger partial charge in [0.1, 0.15) is 0 Å². The lowest BCUT2D eigenvalue weighted by molar-refractivity contribution is 0.0173. The van der Waals surface area contributed by atoms with Gasteiger partial charge in [0.2, 0.25) is 0 Å². The summed E-state index contributed by atoms with van der Waals surface area (Å²) in [4.78, 5) is 0. The first kappa shape index (κ1) is 12.1. The quantitative estimate of drug-likeness (QED) is 0.519. The average Bonchev–Trinajstić information content (AvgIpc) is 2.25. The molecular formula is C11H21NOS.